The molecule has 0 aliphatic carbocycles. The van der Waals surface area contributed by atoms with E-state index in [1.807, 2.05) is 0 Å². The number of nitrogens with one attached hydrogen (secondary N) is 1. The van der Waals surface area contributed by atoms with E-state index in [2.05, 4.69) is 10.1 Å². The van der Waals surface area contributed by atoms with E-state index in [1.54, 1.807) is 6.07 Å². The van der Waals surface area contributed by atoms with E-state index in [1.165, 1.54) is 30.3 Å². The quantitative estimate of drug-likeness (QED) is 0.511. The minimum atomic E-state index is -4.79. The molecule has 0 atom stereocenters. The number of nitrogens with zero attached hydrogens (tertiary/aromatic N) is 1. The number of carbonyl (C=O) groups excluding carboxylic acids is 1. The number of carbonyl (C=O) groups is 1. The third-order valence-electron chi connectivity index (χ3n) is 3.28. The van der Waals surface area contributed by atoms with Crippen molar-refractivity contribution in [2.75, 3.05) is 5.32 Å². The third-order valence-corrected chi connectivity index (χ3v) is 4.40. The highest BCUT2D eigenvalue weighted by Crippen LogP contribution is 2.30. The van der Waals surface area contributed by atoms with Crippen molar-refractivity contribution in [3.8, 4) is 5.75 Å². The largest absolute Gasteiger partial charge is 0.573 e. The van der Waals surface area contributed by atoms with Crippen LogP contribution in [0.2, 0.25) is 0 Å². The number of thiophene rings is 1. The van der Waals surface area contributed by atoms with E-state index in [0.717, 1.165) is 23.5 Å². The van der Waals surface area contributed by atoms with Gasteiger partial charge in [0.2, 0.25) is 0 Å². The smallest absolute Gasteiger partial charge is 0.406 e. The minimum Gasteiger partial charge on any atom is -0.406 e. The molecule has 0 radical (unpaired) electrons. The number of alkyl halides is 3. The number of hydrogen-bond acceptors (Lipinski definition) is 5. The topological polar surface area (TPSA) is 81.5 Å². The van der Waals surface area contributed by atoms with Gasteiger partial charge in [0.05, 0.1) is 9.80 Å². The maximum Gasteiger partial charge on any atom is 0.573 e. The first kappa shape index (κ1) is 17.7. The fraction of sp³-hybridized carbons (Fsp3) is 0.0625. The number of anilines is 1. The fourth-order valence-electron chi connectivity index (χ4n) is 2.19. The Morgan fingerprint density at radius 1 is 1.12 bits per heavy atom. The molecule has 0 bridgehead atoms. The van der Waals surface area contributed by atoms with Gasteiger partial charge in [0, 0.05) is 27.9 Å². The second-order valence-corrected chi connectivity index (χ2v) is 6.20. The Hall–Kier alpha value is -3.14. The molecule has 134 valence electrons. The summed E-state index contributed by atoms with van der Waals surface area (Å²) in [5.74, 6) is -0.872. The van der Waals surface area contributed by atoms with Crippen molar-refractivity contribution < 1.29 is 27.6 Å². The van der Waals surface area contributed by atoms with E-state index in [9.17, 15) is 28.1 Å². The van der Waals surface area contributed by atoms with Crippen LogP contribution in [0.25, 0.3) is 10.1 Å². The zero-order valence-corrected chi connectivity index (χ0v) is 13.6. The number of halogens is 3. The lowest BCUT2D eigenvalue weighted by Crippen LogP contribution is -2.17. The molecule has 2 aromatic carbocycles. The highest BCUT2D eigenvalue weighted by atomic mass is 32.1. The first-order valence-electron chi connectivity index (χ1n) is 7.06. The van der Waals surface area contributed by atoms with E-state index >= 15 is 0 Å². The van der Waals surface area contributed by atoms with Crippen LogP contribution >= 0.6 is 11.3 Å². The molecule has 3 rings (SSSR count). The molecule has 0 aliphatic heterocycles. The number of hydrogen-bond donors (Lipinski definition) is 1. The van der Waals surface area contributed by atoms with Gasteiger partial charge < -0.3 is 10.1 Å². The molecule has 0 spiro atoms. The normalized spacial score (nSPS) is 11.3. The van der Waals surface area contributed by atoms with Crippen LogP contribution in [0.3, 0.4) is 0 Å². The van der Waals surface area contributed by atoms with E-state index in [0.29, 0.717) is 15.0 Å². The van der Waals surface area contributed by atoms with Crippen LogP contribution in [0, 0.1) is 10.1 Å². The predicted molar refractivity (Wildman–Crippen MR) is 89.6 cm³/mol. The maximum absolute atomic E-state index is 12.3. The van der Waals surface area contributed by atoms with Crippen LogP contribution in [0.4, 0.5) is 24.5 Å². The average molecular weight is 382 g/mol. The molecular weight excluding hydrogens is 373 g/mol. The summed E-state index contributed by atoms with van der Waals surface area (Å²) in [6.45, 7) is 0. The van der Waals surface area contributed by atoms with Crippen LogP contribution in [-0.4, -0.2) is 17.2 Å². The van der Waals surface area contributed by atoms with Gasteiger partial charge in [-0.2, -0.15) is 0 Å². The standard InChI is InChI=1S/C16H9F3N2O4S/c17-16(18,19)25-12-4-1-10(2-5-12)20-15(22)14-8-9-7-11(21(23)24)3-6-13(9)26-14/h1-8H,(H,20,22). The number of nitro benzene ring substituents is 1. The summed E-state index contributed by atoms with van der Waals surface area (Å²) in [5, 5.41) is 13.9. The number of nitro groups is 1. The summed E-state index contributed by atoms with van der Waals surface area (Å²) in [6, 6.07) is 10.5. The van der Waals surface area contributed by atoms with Crippen molar-refractivity contribution in [2.24, 2.45) is 0 Å². The number of rotatable bonds is 4. The van der Waals surface area contributed by atoms with Crippen molar-refractivity contribution in [2.45, 2.75) is 6.36 Å². The molecule has 10 heteroatoms. The molecule has 26 heavy (non-hydrogen) atoms. The SMILES string of the molecule is O=C(Nc1ccc(OC(F)(F)F)cc1)c1cc2cc([N+](=O)[O-])ccc2s1. The van der Waals surface area contributed by atoms with E-state index in [4.69, 9.17) is 0 Å². The first-order chi connectivity index (χ1) is 12.2. The zero-order valence-electron chi connectivity index (χ0n) is 12.7. The zero-order chi connectivity index (χ0) is 18.9. The van der Waals surface area contributed by atoms with Crippen molar-refractivity contribution in [3.05, 3.63) is 63.5 Å². The van der Waals surface area contributed by atoms with Gasteiger partial charge in [-0.1, -0.05) is 0 Å². The maximum atomic E-state index is 12.3. The van der Waals surface area contributed by atoms with Crippen LogP contribution in [0.5, 0.6) is 5.75 Å². The van der Waals surface area contributed by atoms with Crippen LogP contribution < -0.4 is 10.1 Å². The van der Waals surface area contributed by atoms with Crippen LogP contribution in [-0.2, 0) is 0 Å². The molecule has 0 saturated heterocycles. The van der Waals surface area contributed by atoms with Gasteiger partial charge in [-0.05, 0) is 36.4 Å². The Balaban J connectivity index is 1.75. The number of amides is 1. The Bertz CT molecular complexity index is 983. The minimum absolute atomic E-state index is 0.0810. The predicted octanol–water partition coefficient (Wildman–Crippen LogP) is 4.96. The van der Waals surface area contributed by atoms with Gasteiger partial charge in [-0.3, -0.25) is 14.9 Å². The summed E-state index contributed by atoms with van der Waals surface area (Å²) >= 11 is 1.15. The van der Waals surface area contributed by atoms with Gasteiger partial charge in [0.25, 0.3) is 11.6 Å². The average Bonchev–Trinajstić information content (AvgIpc) is 2.98. The van der Waals surface area contributed by atoms with Gasteiger partial charge >= 0.3 is 6.36 Å². The van der Waals surface area contributed by atoms with Crippen LogP contribution in [0.15, 0.2) is 48.5 Å². The number of non-ortho nitro benzene ring substituents is 1. The lowest BCUT2D eigenvalue weighted by molar-refractivity contribution is -0.384. The molecule has 0 aliphatic rings. The van der Waals surface area contributed by atoms with Gasteiger partial charge in [-0.15, -0.1) is 24.5 Å². The Morgan fingerprint density at radius 2 is 1.81 bits per heavy atom. The van der Waals surface area contributed by atoms with Gasteiger partial charge in [0.1, 0.15) is 5.75 Å². The number of ether oxygens (including phenoxy) is 1. The van der Waals surface area contributed by atoms with Gasteiger partial charge in [-0.25, -0.2) is 0 Å². The van der Waals surface area contributed by atoms with Gasteiger partial charge in [0.15, 0.2) is 0 Å². The molecule has 1 N–H and O–H groups in total. The summed E-state index contributed by atoms with van der Waals surface area (Å²) in [6.07, 6.45) is -4.79. The molecular formula is C16H9F3N2O4S. The molecule has 6 nitrogen and oxygen atoms in total. The van der Waals surface area contributed by atoms with Crippen molar-refractivity contribution in [1.29, 1.82) is 0 Å². The molecule has 1 aromatic heterocycles. The second kappa shape index (κ2) is 6.64. The summed E-state index contributed by atoms with van der Waals surface area (Å²) in [5.41, 5.74) is 0.204. The third kappa shape index (κ3) is 4.09. The summed E-state index contributed by atoms with van der Waals surface area (Å²) < 4.78 is 40.8. The lowest BCUT2D eigenvalue weighted by atomic mass is 10.2. The summed E-state index contributed by atoms with van der Waals surface area (Å²) in [4.78, 5) is 22.8. The highest BCUT2D eigenvalue weighted by Gasteiger charge is 2.31. The van der Waals surface area contributed by atoms with E-state index < -0.39 is 22.9 Å². The van der Waals surface area contributed by atoms with Crippen LogP contribution in [0.1, 0.15) is 9.67 Å². The summed E-state index contributed by atoms with van der Waals surface area (Å²) in [7, 11) is 0. The molecule has 0 unspecified atom stereocenters. The van der Waals surface area contributed by atoms with E-state index in [-0.39, 0.29) is 11.4 Å². The first-order valence-corrected chi connectivity index (χ1v) is 7.88. The molecule has 0 fully saturated rings. The lowest BCUT2D eigenvalue weighted by Gasteiger charge is -2.09. The number of benzene rings is 2. The molecule has 1 amide bonds. The number of fused-ring (bicyclic) bond motifs is 1. The monoisotopic (exact) mass is 382 g/mol. The molecule has 3 aromatic rings. The Morgan fingerprint density at radius 3 is 2.42 bits per heavy atom. The van der Waals surface area contributed by atoms with Crippen molar-refractivity contribution in [1.82, 2.24) is 0 Å². The van der Waals surface area contributed by atoms with Crippen molar-refractivity contribution >= 4 is 38.7 Å². The molecule has 1 heterocycles. The second-order valence-electron chi connectivity index (χ2n) is 5.12. The fourth-order valence-corrected chi connectivity index (χ4v) is 3.13. The Kier molecular flexibility index (Phi) is 4.51. The van der Waals surface area contributed by atoms with Crippen molar-refractivity contribution in [3.63, 3.8) is 0 Å². The highest BCUT2D eigenvalue weighted by molar-refractivity contribution is 7.20. The Labute approximate surface area is 148 Å². The molecule has 0 saturated carbocycles.